The van der Waals surface area contributed by atoms with Crippen LogP contribution in [0.3, 0.4) is 0 Å². The fourth-order valence-electron chi connectivity index (χ4n) is 0.824. The van der Waals surface area contributed by atoms with E-state index in [4.69, 9.17) is 5.21 Å². The predicted molar refractivity (Wildman–Crippen MR) is 44.0 cm³/mol. The molecule has 11 heavy (non-hydrogen) atoms. The highest BCUT2D eigenvalue weighted by Gasteiger charge is 1.97. The van der Waals surface area contributed by atoms with Crippen LogP contribution in [-0.2, 0) is 0 Å². The normalized spacial score (nSPS) is 10.6. The van der Waals surface area contributed by atoms with Crippen molar-refractivity contribution in [2.75, 3.05) is 0 Å². The van der Waals surface area contributed by atoms with E-state index in [2.05, 4.69) is 5.16 Å². The molecule has 0 unspecified atom stereocenters. The Balaban J connectivity index is 3.12. The molecule has 56 valence electrons. The molecular formula is C7H7BFNO. The summed E-state index contributed by atoms with van der Waals surface area (Å²) in [5.74, 6) is -0.381. The van der Waals surface area contributed by atoms with Gasteiger partial charge < -0.3 is 5.21 Å². The molecule has 4 heteroatoms. The maximum Gasteiger partial charge on any atom is 0.139 e. The van der Waals surface area contributed by atoms with Crippen molar-refractivity contribution in [3.8, 4) is 0 Å². The first-order chi connectivity index (χ1) is 5.24. The third kappa shape index (κ3) is 1.80. The molecule has 0 amide bonds. The first kappa shape index (κ1) is 7.79. The highest BCUT2D eigenvalue weighted by molar-refractivity contribution is 6.32. The van der Waals surface area contributed by atoms with Crippen LogP contribution in [0.1, 0.15) is 5.56 Å². The molecule has 0 saturated heterocycles. The van der Waals surface area contributed by atoms with E-state index < -0.39 is 0 Å². The molecule has 0 spiro atoms. The number of hydrogen-bond donors (Lipinski definition) is 1. The van der Waals surface area contributed by atoms with E-state index in [9.17, 15) is 4.39 Å². The molecule has 0 bridgehead atoms. The number of oxime groups is 1. The lowest BCUT2D eigenvalue weighted by Gasteiger charge is -1.96. The average molecular weight is 151 g/mol. The third-order valence-electron chi connectivity index (χ3n) is 1.35. The van der Waals surface area contributed by atoms with Gasteiger partial charge in [0.1, 0.15) is 13.7 Å². The van der Waals surface area contributed by atoms with E-state index in [1.54, 1.807) is 12.1 Å². The van der Waals surface area contributed by atoms with E-state index in [-0.39, 0.29) is 5.82 Å². The van der Waals surface area contributed by atoms with Crippen LogP contribution in [0.5, 0.6) is 0 Å². The molecule has 0 aliphatic heterocycles. The van der Waals surface area contributed by atoms with Gasteiger partial charge in [-0.3, -0.25) is 0 Å². The molecule has 2 nitrogen and oxygen atoms in total. The van der Waals surface area contributed by atoms with Crippen molar-refractivity contribution >= 4 is 19.5 Å². The Hall–Kier alpha value is -1.32. The van der Waals surface area contributed by atoms with Gasteiger partial charge in [0.2, 0.25) is 0 Å². The van der Waals surface area contributed by atoms with Crippen molar-refractivity contribution in [3.05, 3.63) is 29.6 Å². The lowest BCUT2D eigenvalue weighted by Crippen LogP contribution is -2.04. The Morgan fingerprint density at radius 3 is 2.91 bits per heavy atom. The van der Waals surface area contributed by atoms with E-state index >= 15 is 0 Å². The van der Waals surface area contributed by atoms with Gasteiger partial charge in [0.15, 0.2) is 0 Å². The first-order valence-electron chi connectivity index (χ1n) is 3.17. The largest absolute Gasteiger partial charge is 0.411 e. The quantitative estimate of drug-likeness (QED) is 0.258. The van der Waals surface area contributed by atoms with Crippen LogP contribution in [0.25, 0.3) is 0 Å². The molecule has 1 aromatic carbocycles. The van der Waals surface area contributed by atoms with Gasteiger partial charge in [-0.2, -0.15) is 0 Å². The molecule has 0 saturated carbocycles. The van der Waals surface area contributed by atoms with Crippen molar-refractivity contribution < 1.29 is 9.60 Å². The summed E-state index contributed by atoms with van der Waals surface area (Å²) in [6.45, 7) is 0. The molecule has 0 radical (unpaired) electrons. The van der Waals surface area contributed by atoms with Gasteiger partial charge in [0.25, 0.3) is 0 Å². The molecule has 1 aromatic rings. The zero-order valence-electron chi connectivity index (χ0n) is 6.08. The molecule has 0 heterocycles. The van der Waals surface area contributed by atoms with Crippen LogP contribution in [0, 0.1) is 5.82 Å². The topological polar surface area (TPSA) is 32.6 Å². The minimum absolute atomic E-state index is 0.299. The summed E-state index contributed by atoms with van der Waals surface area (Å²) >= 11 is 0. The zero-order chi connectivity index (χ0) is 8.27. The first-order valence-corrected chi connectivity index (χ1v) is 3.17. The second-order valence-corrected chi connectivity index (χ2v) is 2.27. The van der Waals surface area contributed by atoms with Gasteiger partial charge in [-0.15, -0.1) is 0 Å². The van der Waals surface area contributed by atoms with E-state index in [1.807, 2.05) is 7.85 Å². The monoisotopic (exact) mass is 151 g/mol. The molecule has 1 rings (SSSR count). The van der Waals surface area contributed by atoms with Gasteiger partial charge in [0, 0.05) is 5.56 Å². The predicted octanol–water partition coefficient (Wildman–Crippen LogP) is -0.108. The third-order valence-corrected chi connectivity index (χ3v) is 1.35. The summed E-state index contributed by atoms with van der Waals surface area (Å²) in [6, 6.07) is 4.60. The van der Waals surface area contributed by atoms with Gasteiger partial charge in [-0.25, -0.2) is 4.39 Å². The van der Waals surface area contributed by atoms with Gasteiger partial charge in [-0.05, 0) is 6.07 Å². The maximum absolute atomic E-state index is 12.8. The summed E-state index contributed by atoms with van der Waals surface area (Å²) < 4.78 is 12.8. The fourth-order valence-corrected chi connectivity index (χ4v) is 0.824. The number of rotatable bonds is 1. The number of halogens is 1. The molecule has 0 aliphatic carbocycles. The summed E-state index contributed by atoms with van der Waals surface area (Å²) in [5, 5.41) is 10.9. The van der Waals surface area contributed by atoms with Crippen molar-refractivity contribution in [1.82, 2.24) is 0 Å². The minimum atomic E-state index is -0.381. The summed E-state index contributed by atoms with van der Waals surface area (Å²) in [4.78, 5) is 0. The Labute approximate surface area is 64.8 Å². The molecule has 1 N–H and O–H groups in total. The van der Waals surface area contributed by atoms with Gasteiger partial charge >= 0.3 is 0 Å². The minimum Gasteiger partial charge on any atom is -0.411 e. The Bertz CT molecular complexity index is 288. The lowest BCUT2D eigenvalue weighted by atomic mass is 9.94. The highest BCUT2D eigenvalue weighted by atomic mass is 19.1. The highest BCUT2D eigenvalue weighted by Crippen LogP contribution is 2.00. The Morgan fingerprint density at radius 1 is 1.55 bits per heavy atom. The fraction of sp³-hybridized carbons (Fsp3) is 0. The number of hydrogen-bond acceptors (Lipinski definition) is 2. The number of nitrogens with zero attached hydrogens (tertiary/aromatic N) is 1. The maximum atomic E-state index is 12.8. The van der Waals surface area contributed by atoms with Crippen LogP contribution >= 0.6 is 0 Å². The van der Waals surface area contributed by atoms with E-state index in [1.165, 1.54) is 6.07 Å². The van der Waals surface area contributed by atoms with Crippen molar-refractivity contribution in [3.63, 3.8) is 0 Å². The van der Waals surface area contributed by atoms with Crippen molar-refractivity contribution in [2.24, 2.45) is 5.16 Å². The zero-order valence-corrected chi connectivity index (χ0v) is 6.08. The standard InChI is InChI=1S/C7H7BFNO/c8-6-1-2-7(9)5(3-6)4-10-11/h1-4,11H,8H2/b10-4-. The van der Waals surface area contributed by atoms with Crippen molar-refractivity contribution in [2.45, 2.75) is 0 Å². The van der Waals surface area contributed by atoms with Crippen LogP contribution in [0.15, 0.2) is 23.4 Å². The summed E-state index contributed by atoms with van der Waals surface area (Å²) in [5.41, 5.74) is 1.23. The summed E-state index contributed by atoms with van der Waals surface area (Å²) in [6.07, 6.45) is 1.07. The van der Waals surface area contributed by atoms with E-state index in [0.29, 0.717) is 5.56 Å². The SMILES string of the molecule is Bc1ccc(F)c(/C=N\O)c1. The summed E-state index contributed by atoms with van der Waals surface area (Å²) in [7, 11) is 1.84. The number of benzene rings is 1. The van der Waals surface area contributed by atoms with E-state index in [0.717, 1.165) is 11.7 Å². The van der Waals surface area contributed by atoms with Crippen LogP contribution < -0.4 is 5.46 Å². The van der Waals surface area contributed by atoms with Crippen LogP contribution in [-0.4, -0.2) is 19.3 Å². The Morgan fingerprint density at radius 2 is 2.27 bits per heavy atom. The molecule has 0 aromatic heterocycles. The van der Waals surface area contributed by atoms with Crippen molar-refractivity contribution in [1.29, 1.82) is 0 Å². The molecular weight excluding hydrogens is 144 g/mol. The molecule has 0 aliphatic rings. The second kappa shape index (κ2) is 3.19. The lowest BCUT2D eigenvalue weighted by molar-refractivity contribution is 0.321. The van der Waals surface area contributed by atoms with Crippen LogP contribution in [0.4, 0.5) is 4.39 Å². The van der Waals surface area contributed by atoms with Crippen LogP contribution in [0.2, 0.25) is 0 Å². The van der Waals surface area contributed by atoms with Gasteiger partial charge in [0.05, 0.1) is 6.21 Å². The molecule has 0 fully saturated rings. The molecule has 0 atom stereocenters. The second-order valence-electron chi connectivity index (χ2n) is 2.27. The average Bonchev–Trinajstić information content (AvgIpc) is 1.98. The van der Waals surface area contributed by atoms with Gasteiger partial charge in [-0.1, -0.05) is 22.8 Å². The smallest absolute Gasteiger partial charge is 0.139 e. The Kier molecular flexibility index (Phi) is 2.26.